The van der Waals surface area contributed by atoms with Gasteiger partial charge in [0.2, 0.25) is 5.17 Å². The van der Waals surface area contributed by atoms with Gasteiger partial charge in [0.15, 0.2) is 0 Å². The molecular weight excluding hydrogens is 130 g/mol. The molecule has 0 saturated heterocycles. The molecule has 3 nitrogen and oxygen atoms in total. The van der Waals surface area contributed by atoms with Crippen molar-refractivity contribution in [1.82, 2.24) is 0 Å². The summed E-state index contributed by atoms with van der Waals surface area (Å²) < 4.78 is 4.31. The summed E-state index contributed by atoms with van der Waals surface area (Å²) in [5, 5.41) is 5.92. The van der Waals surface area contributed by atoms with Crippen molar-refractivity contribution >= 4 is 22.7 Å². The molecule has 0 amide bonds. The van der Waals surface area contributed by atoms with Gasteiger partial charge in [0, 0.05) is 0 Å². The van der Waals surface area contributed by atoms with Crippen molar-refractivity contribution < 1.29 is 9.53 Å². The summed E-state index contributed by atoms with van der Waals surface area (Å²) in [6.45, 7) is 1.91. The number of hydrogen-bond donors (Lipinski definition) is 1. The van der Waals surface area contributed by atoms with E-state index in [2.05, 4.69) is 4.74 Å². The third-order valence-corrected chi connectivity index (χ3v) is 0.609. The first-order valence-corrected chi connectivity index (χ1v) is 2.47. The molecule has 0 bridgehead atoms. The third-order valence-electron chi connectivity index (χ3n) is 0.455. The molecule has 0 atom stereocenters. The SMILES string of the molecule is CCOC(=O)C(=N)Cl. The smallest absolute Gasteiger partial charge is 0.368 e. The summed E-state index contributed by atoms with van der Waals surface area (Å²) in [4.78, 5) is 10.2. The third kappa shape index (κ3) is 2.58. The van der Waals surface area contributed by atoms with Gasteiger partial charge in [-0.1, -0.05) is 11.6 Å². The van der Waals surface area contributed by atoms with Crippen molar-refractivity contribution in [3.8, 4) is 0 Å². The highest BCUT2D eigenvalue weighted by Gasteiger charge is 2.03. The average molecular weight is 136 g/mol. The first-order chi connectivity index (χ1) is 3.68. The Hall–Kier alpha value is -0.570. The van der Waals surface area contributed by atoms with Gasteiger partial charge in [-0.3, -0.25) is 5.41 Å². The summed E-state index contributed by atoms with van der Waals surface area (Å²) in [5.41, 5.74) is 0. The molecule has 0 aromatic rings. The minimum atomic E-state index is -0.769. The summed E-state index contributed by atoms with van der Waals surface area (Å²) >= 11 is 4.92. The Morgan fingerprint density at radius 1 is 1.88 bits per heavy atom. The minimum absolute atomic E-state index is 0.258. The van der Waals surface area contributed by atoms with Crippen molar-refractivity contribution in [1.29, 1.82) is 5.41 Å². The van der Waals surface area contributed by atoms with E-state index in [1.54, 1.807) is 6.92 Å². The van der Waals surface area contributed by atoms with Crippen LogP contribution in [0, 0.1) is 5.41 Å². The van der Waals surface area contributed by atoms with Crippen LogP contribution in [0.3, 0.4) is 0 Å². The predicted octanol–water partition coefficient (Wildman–Crippen LogP) is 0.766. The highest BCUT2D eigenvalue weighted by atomic mass is 35.5. The molecule has 0 unspecified atom stereocenters. The van der Waals surface area contributed by atoms with Crippen LogP contribution in [0.25, 0.3) is 0 Å². The quantitative estimate of drug-likeness (QED) is 0.449. The van der Waals surface area contributed by atoms with E-state index in [9.17, 15) is 4.79 Å². The fraction of sp³-hybridized carbons (Fsp3) is 0.500. The first kappa shape index (κ1) is 7.43. The number of ether oxygens (including phenoxy) is 1. The largest absolute Gasteiger partial charge is 0.461 e. The summed E-state index contributed by atoms with van der Waals surface area (Å²) in [7, 11) is 0. The second-order valence-corrected chi connectivity index (χ2v) is 1.41. The molecule has 0 aliphatic rings. The first-order valence-electron chi connectivity index (χ1n) is 2.09. The van der Waals surface area contributed by atoms with Gasteiger partial charge in [0.25, 0.3) is 0 Å². The number of carbonyl (C=O) groups excluding carboxylic acids is 1. The van der Waals surface area contributed by atoms with E-state index in [-0.39, 0.29) is 6.61 Å². The van der Waals surface area contributed by atoms with E-state index >= 15 is 0 Å². The van der Waals surface area contributed by atoms with E-state index in [1.165, 1.54) is 0 Å². The zero-order chi connectivity index (χ0) is 6.57. The predicted molar refractivity (Wildman–Crippen MR) is 30.2 cm³/mol. The van der Waals surface area contributed by atoms with Crippen LogP contribution in [0.5, 0.6) is 0 Å². The van der Waals surface area contributed by atoms with Gasteiger partial charge >= 0.3 is 5.97 Å². The second-order valence-electron chi connectivity index (χ2n) is 1.03. The Labute approximate surface area is 52.1 Å². The molecule has 0 aliphatic carbocycles. The van der Waals surface area contributed by atoms with Crippen LogP contribution in [0.1, 0.15) is 6.92 Å². The molecule has 8 heavy (non-hydrogen) atoms. The number of hydrogen-bond acceptors (Lipinski definition) is 3. The van der Waals surface area contributed by atoms with Crippen LogP contribution in [-0.4, -0.2) is 17.7 Å². The van der Waals surface area contributed by atoms with Crippen molar-refractivity contribution in [2.75, 3.05) is 6.61 Å². The molecule has 0 spiro atoms. The fourth-order valence-corrected chi connectivity index (χ4v) is 0.249. The molecule has 4 heteroatoms. The monoisotopic (exact) mass is 135 g/mol. The summed E-state index contributed by atoms with van der Waals surface area (Å²) in [6.07, 6.45) is 0. The molecular formula is C4H6ClNO2. The lowest BCUT2D eigenvalue weighted by Gasteiger charge is -1.93. The van der Waals surface area contributed by atoms with Crippen LogP contribution in [-0.2, 0) is 9.53 Å². The maximum Gasteiger partial charge on any atom is 0.368 e. The lowest BCUT2D eigenvalue weighted by atomic mass is 10.7. The Kier molecular flexibility index (Phi) is 3.19. The van der Waals surface area contributed by atoms with Crippen LogP contribution >= 0.6 is 11.6 Å². The fourth-order valence-electron chi connectivity index (χ4n) is 0.194. The van der Waals surface area contributed by atoms with Crippen LogP contribution < -0.4 is 0 Å². The Balaban J connectivity index is 3.49. The lowest BCUT2D eigenvalue weighted by Crippen LogP contribution is -2.10. The Bertz CT molecular complexity index is 113. The molecule has 1 N–H and O–H groups in total. The molecule has 46 valence electrons. The molecule has 0 fully saturated rings. The van der Waals surface area contributed by atoms with E-state index in [0.29, 0.717) is 0 Å². The molecule has 0 saturated carbocycles. The van der Waals surface area contributed by atoms with Gasteiger partial charge < -0.3 is 4.74 Å². The molecule has 0 aromatic heterocycles. The van der Waals surface area contributed by atoms with Gasteiger partial charge in [0.1, 0.15) is 0 Å². The maximum atomic E-state index is 10.2. The van der Waals surface area contributed by atoms with Crippen molar-refractivity contribution in [3.05, 3.63) is 0 Å². The minimum Gasteiger partial charge on any atom is -0.461 e. The average Bonchev–Trinajstić information content (AvgIpc) is 1.67. The summed E-state index contributed by atoms with van der Waals surface area (Å²) in [5.74, 6) is -0.769. The van der Waals surface area contributed by atoms with E-state index in [1.807, 2.05) is 0 Å². The Morgan fingerprint density at radius 3 is 2.50 bits per heavy atom. The molecule has 0 aliphatic heterocycles. The van der Waals surface area contributed by atoms with E-state index in [0.717, 1.165) is 0 Å². The molecule has 0 radical (unpaired) electrons. The van der Waals surface area contributed by atoms with Crippen LogP contribution in [0.15, 0.2) is 0 Å². The molecule has 0 aromatic carbocycles. The van der Waals surface area contributed by atoms with Crippen LogP contribution in [0.2, 0.25) is 0 Å². The van der Waals surface area contributed by atoms with Crippen molar-refractivity contribution in [2.24, 2.45) is 0 Å². The zero-order valence-electron chi connectivity index (χ0n) is 4.40. The highest BCUT2D eigenvalue weighted by Crippen LogP contribution is 1.84. The van der Waals surface area contributed by atoms with E-state index < -0.39 is 11.1 Å². The number of rotatable bonds is 2. The number of halogens is 1. The van der Waals surface area contributed by atoms with Gasteiger partial charge in [-0.15, -0.1) is 0 Å². The molecule has 0 rings (SSSR count). The maximum absolute atomic E-state index is 10.2. The van der Waals surface area contributed by atoms with Crippen molar-refractivity contribution in [2.45, 2.75) is 6.92 Å². The highest BCUT2D eigenvalue weighted by molar-refractivity contribution is 6.81. The topological polar surface area (TPSA) is 50.2 Å². The molecule has 0 heterocycles. The number of nitrogens with one attached hydrogen (secondary N) is 1. The standard InChI is InChI=1S/C4H6ClNO2/c1-2-8-4(7)3(5)6/h6H,2H2,1H3. The zero-order valence-corrected chi connectivity index (χ0v) is 5.16. The van der Waals surface area contributed by atoms with Gasteiger partial charge in [-0.2, -0.15) is 0 Å². The summed E-state index contributed by atoms with van der Waals surface area (Å²) in [6, 6.07) is 0. The van der Waals surface area contributed by atoms with Gasteiger partial charge in [-0.05, 0) is 6.92 Å². The van der Waals surface area contributed by atoms with Gasteiger partial charge in [0.05, 0.1) is 6.61 Å². The van der Waals surface area contributed by atoms with Crippen molar-refractivity contribution in [3.63, 3.8) is 0 Å². The van der Waals surface area contributed by atoms with Gasteiger partial charge in [-0.25, -0.2) is 4.79 Å². The van der Waals surface area contributed by atoms with Crippen LogP contribution in [0.4, 0.5) is 0 Å². The normalized spacial score (nSPS) is 8.25. The number of carbonyl (C=O) groups is 1. The lowest BCUT2D eigenvalue weighted by molar-refractivity contribution is -0.134. The Morgan fingerprint density at radius 2 is 2.38 bits per heavy atom. The van der Waals surface area contributed by atoms with E-state index in [4.69, 9.17) is 17.0 Å². The second kappa shape index (κ2) is 3.43. The number of esters is 1.